The topological polar surface area (TPSA) is 75.2 Å². The van der Waals surface area contributed by atoms with Crippen LogP contribution in [0, 0.1) is 0 Å². The summed E-state index contributed by atoms with van der Waals surface area (Å²) < 4.78 is 10.5. The van der Waals surface area contributed by atoms with Crippen molar-refractivity contribution < 1.29 is 14.3 Å². The summed E-state index contributed by atoms with van der Waals surface area (Å²) in [6.07, 6.45) is 0.424. The van der Waals surface area contributed by atoms with Crippen molar-refractivity contribution in [2.45, 2.75) is 19.9 Å². The molecule has 0 radical (unpaired) electrons. The van der Waals surface area contributed by atoms with E-state index >= 15 is 0 Å². The molecule has 0 bridgehead atoms. The number of methoxy groups -OCH3 is 2. The Morgan fingerprint density at radius 2 is 1.84 bits per heavy atom. The van der Waals surface area contributed by atoms with Crippen LogP contribution >= 0.6 is 24.0 Å². The number of hydrogen-bond donors (Lipinski definition) is 2. The molecule has 0 heterocycles. The number of hydrogen-bond acceptors (Lipinski definition) is 4. The first-order chi connectivity index (χ1) is 11.5. The van der Waals surface area contributed by atoms with Crippen LogP contribution in [0.4, 0.5) is 0 Å². The fourth-order valence-corrected chi connectivity index (χ4v) is 2.00. The fraction of sp³-hybridized carbons (Fsp3) is 0.529. The maximum atomic E-state index is 11.6. The molecule has 25 heavy (non-hydrogen) atoms. The standard InChI is InChI=1S/C17H28N4O3.HI/c1-6-18-17(19-10-9-16(22)21(2)3)20-12-13-7-8-14(23-4)15(11-13)24-5;/h7-8,11H,6,9-10,12H2,1-5H3,(H2,18,19,20);1H. The lowest BCUT2D eigenvalue weighted by Gasteiger charge is -2.13. The van der Waals surface area contributed by atoms with Gasteiger partial charge in [0.2, 0.25) is 5.91 Å². The molecule has 1 aromatic rings. The van der Waals surface area contributed by atoms with Gasteiger partial charge in [-0.2, -0.15) is 0 Å². The average Bonchev–Trinajstić information content (AvgIpc) is 2.58. The molecule has 0 aromatic heterocycles. The Labute approximate surface area is 167 Å². The molecule has 0 saturated carbocycles. The van der Waals surface area contributed by atoms with Gasteiger partial charge in [0.1, 0.15) is 0 Å². The van der Waals surface area contributed by atoms with Gasteiger partial charge in [0.05, 0.1) is 20.8 Å². The van der Waals surface area contributed by atoms with E-state index in [2.05, 4.69) is 15.6 Å². The number of nitrogens with zero attached hydrogens (tertiary/aromatic N) is 2. The summed E-state index contributed by atoms with van der Waals surface area (Å²) in [6, 6.07) is 5.71. The minimum Gasteiger partial charge on any atom is -0.493 e. The lowest BCUT2D eigenvalue weighted by Crippen LogP contribution is -2.39. The zero-order chi connectivity index (χ0) is 17.9. The highest BCUT2D eigenvalue weighted by molar-refractivity contribution is 14.0. The minimum absolute atomic E-state index is 0. The molecule has 142 valence electrons. The third kappa shape index (κ3) is 8.28. The Bertz CT molecular complexity index is 565. The number of guanidine groups is 1. The summed E-state index contributed by atoms with van der Waals surface area (Å²) in [7, 11) is 6.72. The monoisotopic (exact) mass is 464 g/mol. The second-order valence-corrected chi connectivity index (χ2v) is 5.35. The number of aliphatic imine (C=N–C) groups is 1. The highest BCUT2D eigenvalue weighted by Crippen LogP contribution is 2.27. The van der Waals surface area contributed by atoms with Gasteiger partial charge in [0.15, 0.2) is 17.5 Å². The average molecular weight is 464 g/mol. The molecule has 0 spiro atoms. The van der Waals surface area contributed by atoms with Crippen LogP contribution in [0.2, 0.25) is 0 Å². The zero-order valence-corrected chi connectivity index (χ0v) is 17.9. The summed E-state index contributed by atoms with van der Waals surface area (Å²) in [5, 5.41) is 6.33. The molecule has 0 atom stereocenters. The molecule has 0 aliphatic heterocycles. The van der Waals surface area contributed by atoms with Crippen molar-refractivity contribution in [1.82, 2.24) is 15.5 Å². The number of amides is 1. The van der Waals surface area contributed by atoms with E-state index in [1.54, 1.807) is 33.2 Å². The predicted octanol–water partition coefficient (Wildman–Crippen LogP) is 1.86. The molecule has 1 rings (SSSR count). The van der Waals surface area contributed by atoms with Gasteiger partial charge in [-0.3, -0.25) is 4.79 Å². The van der Waals surface area contributed by atoms with Crippen molar-refractivity contribution in [3.8, 4) is 11.5 Å². The van der Waals surface area contributed by atoms with Crippen molar-refractivity contribution in [3.05, 3.63) is 23.8 Å². The first kappa shape index (κ1) is 23.3. The predicted molar refractivity (Wildman–Crippen MR) is 111 cm³/mol. The lowest BCUT2D eigenvalue weighted by molar-refractivity contribution is -0.128. The highest BCUT2D eigenvalue weighted by atomic mass is 127. The normalized spacial score (nSPS) is 10.5. The Kier molecular flexibility index (Phi) is 11.8. The van der Waals surface area contributed by atoms with Crippen molar-refractivity contribution in [2.24, 2.45) is 4.99 Å². The summed E-state index contributed by atoms with van der Waals surface area (Å²) >= 11 is 0. The molecule has 1 amide bonds. The molecule has 2 N–H and O–H groups in total. The van der Waals surface area contributed by atoms with E-state index in [4.69, 9.17) is 9.47 Å². The van der Waals surface area contributed by atoms with Gasteiger partial charge < -0.3 is 25.0 Å². The van der Waals surface area contributed by atoms with Gasteiger partial charge in [-0.25, -0.2) is 4.99 Å². The molecular formula is C17H29IN4O3. The second-order valence-electron chi connectivity index (χ2n) is 5.35. The van der Waals surface area contributed by atoms with Crippen molar-refractivity contribution in [3.63, 3.8) is 0 Å². The SMILES string of the molecule is CCNC(=NCc1ccc(OC)c(OC)c1)NCCC(=O)N(C)C.I. The van der Waals surface area contributed by atoms with Crippen LogP contribution in [0.3, 0.4) is 0 Å². The van der Waals surface area contributed by atoms with Gasteiger partial charge in [0.25, 0.3) is 0 Å². The maximum absolute atomic E-state index is 11.6. The molecule has 0 unspecified atom stereocenters. The first-order valence-electron chi connectivity index (χ1n) is 7.95. The van der Waals surface area contributed by atoms with Crippen LogP contribution in [0.1, 0.15) is 18.9 Å². The number of benzene rings is 1. The summed E-state index contributed by atoms with van der Waals surface area (Å²) in [5.74, 6) is 2.13. The third-order valence-electron chi connectivity index (χ3n) is 3.34. The van der Waals surface area contributed by atoms with Crippen molar-refractivity contribution in [1.29, 1.82) is 0 Å². The van der Waals surface area contributed by atoms with Crippen LogP contribution in [0.5, 0.6) is 11.5 Å². The molecule has 7 nitrogen and oxygen atoms in total. The van der Waals surface area contributed by atoms with Crippen LogP contribution in [-0.2, 0) is 11.3 Å². The molecule has 0 aliphatic rings. The van der Waals surface area contributed by atoms with Crippen molar-refractivity contribution in [2.75, 3.05) is 41.4 Å². The second kappa shape index (κ2) is 12.6. The van der Waals surface area contributed by atoms with Crippen LogP contribution in [-0.4, -0.2) is 58.2 Å². The molecule has 0 aliphatic carbocycles. The molecule has 0 saturated heterocycles. The van der Waals surface area contributed by atoms with Gasteiger partial charge in [-0.1, -0.05) is 6.07 Å². The number of ether oxygens (including phenoxy) is 2. The molecule has 8 heteroatoms. The summed E-state index contributed by atoms with van der Waals surface area (Å²) in [5.41, 5.74) is 1.01. The molecule has 0 fully saturated rings. The molecule has 1 aromatic carbocycles. The Morgan fingerprint density at radius 3 is 2.40 bits per heavy atom. The third-order valence-corrected chi connectivity index (χ3v) is 3.34. The van der Waals surface area contributed by atoms with Crippen LogP contribution in [0.25, 0.3) is 0 Å². The van der Waals surface area contributed by atoms with E-state index in [0.29, 0.717) is 37.0 Å². The number of carbonyl (C=O) groups excluding carboxylic acids is 1. The highest BCUT2D eigenvalue weighted by Gasteiger charge is 2.06. The number of halogens is 1. The van der Waals surface area contributed by atoms with E-state index < -0.39 is 0 Å². The summed E-state index contributed by atoms with van der Waals surface area (Å²) in [6.45, 7) is 3.78. The summed E-state index contributed by atoms with van der Waals surface area (Å²) in [4.78, 5) is 17.7. The van der Waals surface area contributed by atoms with E-state index in [-0.39, 0.29) is 29.9 Å². The quantitative estimate of drug-likeness (QED) is 0.349. The van der Waals surface area contributed by atoms with E-state index in [1.807, 2.05) is 25.1 Å². The smallest absolute Gasteiger partial charge is 0.223 e. The lowest BCUT2D eigenvalue weighted by atomic mass is 10.2. The van der Waals surface area contributed by atoms with Crippen molar-refractivity contribution >= 4 is 35.8 Å². The maximum Gasteiger partial charge on any atom is 0.223 e. The fourth-order valence-electron chi connectivity index (χ4n) is 2.00. The van der Waals surface area contributed by atoms with E-state index in [1.165, 1.54) is 0 Å². The number of carbonyl (C=O) groups is 1. The van der Waals surface area contributed by atoms with Gasteiger partial charge in [-0.05, 0) is 24.6 Å². The Morgan fingerprint density at radius 1 is 1.16 bits per heavy atom. The number of rotatable bonds is 8. The van der Waals surface area contributed by atoms with E-state index in [0.717, 1.165) is 12.1 Å². The first-order valence-corrected chi connectivity index (χ1v) is 7.95. The zero-order valence-electron chi connectivity index (χ0n) is 15.6. The van der Waals surface area contributed by atoms with Gasteiger partial charge in [-0.15, -0.1) is 24.0 Å². The largest absolute Gasteiger partial charge is 0.493 e. The Hall–Kier alpha value is -1.71. The number of nitrogens with one attached hydrogen (secondary N) is 2. The minimum atomic E-state index is 0. The molecular weight excluding hydrogens is 435 g/mol. The van der Waals surface area contributed by atoms with Crippen LogP contribution in [0.15, 0.2) is 23.2 Å². The van der Waals surface area contributed by atoms with Gasteiger partial charge in [0, 0.05) is 33.6 Å². The Balaban J connectivity index is 0.00000576. The van der Waals surface area contributed by atoms with E-state index in [9.17, 15) is 4.79 Å². The van der Waals surface area contributed by atoms with Crippen LogP contribution < -0.4 is 20.1 Å². The van der Waals surface area contributed by atoms with Gasteiger partial charge >= 0.3 is 0 Å².